The van der Waals surface area contributed by atoms with E-state index in [-0.39, 0.29) is 11.3 Å². The molecule has 0 heterocycles. The van der Waals surface area contributed by atoms with Crippen molar-refractivity contribution in [1.82, 2.24) is 0 Å². The van der Waals surface area contributed by atoms with Crippen molar-refractivity contribution in [2.45, 2.75) is 6.92 Å². The van der Waals surface area contributed by atoms with E-state index in [1.54, 1.807) is 30.3 Å². The second-order valence-electron chi connectivity index (χ2n) is 6.94. The van der Waals surface area contributed by atoms with Crippen LogP contribution in [0.2, 0.25) is 0 Å². The average molecular weight is 432 g/mol. The van der Waals surface area contributed by atoms with Crippen molar-refractivity contribution in [3.63, 3.8) is 0 Å². The number of carbonyl (C=O) groups excluding carboxylic acids is 2. The fourth-order valence-corrected chi connectivity index (χ4v) is 3.00. The number of carbonyl (C=O) groups is 2. The number of methoxy groups -OCH3 is 3. The van der Waals surface area contributed by atoms with Gasteiger partial charge in [0.05, 0.1) is 26.9 Å². The van der Waals surface area contributed by atoms with Crippen molar-refractivity contribution >= 4 is 17.8 Å². The Morgan fingerprint density at radius 3 is 1.88 bits per heavy atom. The Hall–Kier alpha value is -4.06. The molecule has 0 fully saturated rings. The first-order valence-corrected chi connectivity index (χ1v) is 9.86. The SMILES string of the molecule is COc1cc(C(=O)Oc2ccc(C(=O)/C=C/c3ccc(C)cc3)cc2)cc(OC)c1OC. The summed E-state index contributed by atoms with van der Waals surface area (Å²) in [6, 6.07) is 17.3. The lowest BCUT2D eigenvalue weighted by molar-refractivity contribution is 0.0733. The molecule has 6 nitrogen and oxygen atoms in total. The van der Waals surface area contributed by atoms with E-state index in [0.29, 0.717) is 28.6 Å². The van der Waals surface area contributed by atoms with Gasteiger partial charge in [0.15, 0.2) is 17.3 Å². The number of benzene rings is 3. The first-order chi connectivity index (χ1) is 15.4. The van der Waals surface area contributed by atoms with E-state index >= 15 is 0 Å². The van der Waals surface area contributed by atoms with Crippen LogP contribution >= 0.6 is 0 Å². The maximum absolute atomic E-state index is 12.6. The average Bonchev–Trinajstić information content (AvgIpc) is 2.82. The smallest absolute Gasteiger partial charge is 0.343 e. The van der Waals surface area contributed by atoms with E-state index in [2.05, 4.69) is 0 Å². The summed E-state index contributed by atoms with van der Waals surface area (Å²) in [6.45, 7) is 2.01. The topological polar surface area (TPSA) is 71.1 Å². The molecule has 0 radical (unpaired) electrons. The number of ketones is 1. The van der Waals surface area contributed by atoms with Crippen LogP contribution in [-0.4, -0.2) is 33.1 Å². The molecule has 0 aliphatic carbocycles. The molecule has 32 heavy (non-hydrogen) atoms. The van der Waals surface area contributed by atoms with Crippen LogP contribution in [0.1, 0.15) is 31.8 Å². The Kier molecular flexibility index (Phi) is 7.29. The Bertz CT molecular complexity index is 1100. The van der Waals surface area contributed by atoms with E-state index in [1.165, 1.54) is 39.5 Å². The number of ether oxygens (including phenoxy) is 4. The Labute approximate surface area is 187 Å². The van der Waals surface area contributed by atoms with Crippen molar-refractivity contribution in [3.05, 3.63) is 89.0 Å². The Morgan fingerprint density at radius 2 is 1.34 bits per heavy atom. The predicted octanol–water partition coefficient (Wildman–Crippen LogP) is 5.14. The molecule has 164 valence electrons. The molecule has 0 aliphatic rings. The lowest BCUT2D eigenvalue weighted by Gasteiger charge is -2.13. The summed E-state index contributed by atoms with van der Waals surface area (Å²) >= 11 is 0. The first-order valence-electron chi connectivity index (χ1n) is 9.86. The number of hydrogen-bond acceptors (Lipinski definition) is 6. The molecule has 3 aromatic carbocycles. The number of hydrogen-bond donors (Lipinski definition) is 0. The molecule has 0 aromatic heterocycles. The van der Waals surface area contributed by atoms with Gasteiger partial charge in [-0.1, -0.05) is 35.9 Å². The minimum atomic E-state index is -0.595. The minimum absolute atomic E-state index is 0.145. The predicted molar refractivity (Wildman–Crippen MR) is 122 cm³/mol. The van der Waals surface area contributed by atoms with E-state index < -0.39 is 5.97 Å². The summed E-state index contributed by atoms with van der Waals surface area (Å²) in [7, 11) is 4.42. The van der Waals surface area contributed by atoms with Gasteiger partial charge in [-0.2, -0.15) is 0 Å². The molecule has 0 N–H and O–H groups in total. The van der Waals surface area contributed by atoms with Crippen LogP contribution < -0.4 is 18.9 Å². The molecule has 0 amide bonds. The van der Waals surface area contributed by atoms with Crippen molar-refractivity contribution in [2.75, 3.05) is 21.3 Å². The standard InChI is InChI=1S/C26H24O6/c1-17-5-7-18(8-6-17)9-14-22(27)19-10-12-21(13-11-19)32-26(28)20-15-23(29-2)25(31-4)24(16-20)30-3/h5-16H,1-4H3/b14-9+. The Morgan fingerprint density at radius 1 is 0.750 bits per heavy atom. The zero-order chi connectivity index (χ0) is 23.1. The van der Waals surface area contributed by atoms with Gasteiger partial charge in [-0.05, 0) is 55.0 Å². The normalized spacial score (nSPS) is 10.6. The van der Waals surface area contributed by atoms with Gasteiger partial charge in [0, 0.05) is 5.56 Å². The number of allylic oxidation sites excluding steroid dienone is 1. The first kappa shape index (κ1) is 22.6. The highest BCUT2D eigenvalue weighted by Crippen LogP contribution is 2.38. The molecule has 3 rings (SSSR count). The lowest BCUT2D eigenvalue weighted by Crippen LogP contribution is -2.10. The summed E-state index contributed by atoms with van der Waals surface area (Å²) in [5.74, 6) is 0.645. The molecule has 0 unspecified atom stereocenters. The van der Waals surface area contributed by atoms with Crippen LogP contribution in [0, 0.1) is 6.92 Å². The van der Waals surface area contributed by atoms with E-state index in [9.17, 15) is 9.59 Å². The van der Waals surface area contributed by atoms with E-state index in [0.717, 1.165) is 11.1 Å². The fraction of sp³-hybridized carbons (Fsp3) is 0.154. The fourth-order valence-electron chi connectivity index (χ4n) is 3.00. The second-order valence-corrected chi connectivity index (χ2v) is 6.94. The molecular weight excluding hydrogens is 408 g/mol. The van der Waals surface area contributed by atoms with Crippen LogP contribution in [0.15, 0.2) is 66.7 Å². The van der Waals surface area contributed by atoms with Gasteiger partial charge in [-0.3, -0.25) is 4.79 Å². The maximum Gasteiger partial charge on any atom is 0.343 e. The van der Waals surface area contributed by atoms with Gasteiger partial charge in [0.1, 0.15) is 5.75 Å². The van der Waals surface area contributed by atoms with Gasteiger partial charge in [0.25, 0.3) is 0 Å². The summed E-state index contributed by atoms with van der Waals surface area (Å²) in [5.41, 5.74) is 2.83. The zero-order valence-corrected chi connectivity index (χ0v) is 18.4. The van der Waals surface area contributed by atoms with Crippen LogP contribution in [-0.2, 0) is 0 Å². The summed E-state index contributed by atoms with van der Waals surface area (Å²) in [5, 5.41) is 0. The van der Waals surface area contributed by atoms with Gasteiger partial charge < -0.3 is 18.9 Å². The van der Waals surface area contributed by atoms with Gasteiger partial charge >= 0.3 is 5.97 Å². The van der Waals surface area contributed by atoms with Crippen molar-refractivity contribution in [1.29, 1.82) is 0 Å². The second kappa shape index (κ2) is 10.3. The lowest BCUT2D eigenvalue weighted by atomic mass is 10.1. The summed E-state index contributed by atoms with van der Waals surface area (Å²) in [6.07, 6.45) is 3.28. The molecule has 0 aliphatic heterocycles. The van der Waals surface area contributed by atoms with Crippen molar-refractivity contribution < 1.29 is 28.5 Å². The van der Waals surface area contributed by atoms with Crippen molar-refractivity contribution in [2.24, 2.45) is 0 Å². The van der Waals surface area contributed by atoms with Crippen LogP contribution in [0.4, 0.5) is 0 Å². The highest BCUT2D eigenvalue weighted by atomic mass is 16.5. The molecule has 6 heteroatoms. The third kappa shape index (κ3) is 5.35. The van der Waals surface area contributed by atoms with Gasteiger partial charge in [-0.25, -0.2) is 4.79 Å². The molecule has 0 bridgehead atoms. The van der Waals surface area contributed by atoms with Crippen LogP contribution in [0.3, 0.4) is 0 Å². The number of esters is 1. The van der Waals surface area contributed by atoms with Crippen molar-refractivity contribution in [3.8, 4) is 23.0 Å². The van der Waals surface area contributed by atoms with E-state index in [4.69, 9.17) is 18.9 Å². The molecule has 0 saturated carbocycles. The Balaban J connectivity index is 1.70. The summed E-state index contributed by atoms with van der Waals surface area (Å²) < 4.78 is 21.2. The number of rotatable bonds is 8. The summed E-state index contributed by atoms with van der Waals surface area (Å²) in [4.78, 5) is 25.0. The third-order valence-corrected chi connectivity index (χ3v) is 4.75. The zero-order valence-electron chi connectivity index (χ0n) is 18.4. The minimum Gasteiger partial charge on any atom is -0.493 e. The van der Waals surface area contributed by atoms with Crippen LogP contribution in [0.25, 0.3) is 6.08 Å². The van der Waals surface area contributed by atoms with Gasteiger partial charge in [0.2, 0.25) is 5.75 Å². The third-order valence-electron chi connectivity index (χ3n) is 4.75. The largest absolute Gasteiger partial charge is 0.493 e. The monoisotopic (exact) mass is 432 g/mol. The van der Waals surface area contributed by atoms with Crippen LogP contribution in [0.5, 0.6) is 23.0 Å². The molecule has 3 aromatic rings. The molecular formula is C26H24O6. The number of aryl methyl sites for hydroxylation is 1. The highest BCUT2D eigenvalue weighted by Gasteiger charge is 2.18. The highest BCUT2D eigenvalue weighted by molar-refractivity contribution is 6.06. The van der Waals surface area contributed by atoms with E-state index in [1.807, 2.05) is 31.2 Å². The molecule has 0 atom stereocenters. The quantitative estimate of drug-likeness (QED) is 0.213. The molecule has 0 spiro atoms. The molecule has 0 saturated heterocycles. The van der Waals surface area contributed by atoms with Gasteiger partial charge in [-0.15, -0.1) is 0 Å². The maximum atomic E-state index is 12.6.